The standard InChI is InChI=1S/C27H32N2O3S.C2H4O2.CH2O2/c1-18-13-20(26-14-19-5-3-6-22(31-2)15-27(19)33-26)10-12-29(18)16-21(30)17-32-25-8-4-7-24-23(25)9-11-28-24;1-2(3)4;2-1-3/h3-4,6-9,11,14-15,18,20-21,28,30H,5,10,12-13,16-17H2,1-2H3;1H3,(H,3,4);1H,(H,2,3)/t18-,20-,21?;;/m0../s1. The molecule has 0 radical (unpaired) electrons. The predicted octanol–water partition coefficient (Wildman–Crippen LogP) is 5.13. The minimum atomic E-state index is -0.833. The molecule has 0 spiro atoms. The van der Waals surface area contributed by atoms with Gasteiger partial charge in [0.05, 0.1) is 7.11 Å². The average Bonchev–Trinajstić information content (AvgIpc) is 3.51. The molecule has 9 nitrogen and oxygen atoms in total. The van der Waals surface area contributed by atoms with Gasteiger partial charge < -0.3 is 29.8 Å². The van der Waals surface area contributed by atoms with Crippen LogP contribution in [0.4, 0.5) is 0 Å². The highest BCUT2D eigenvalue weighted by molar-refractivity contribution is 7.13. The maximum absolute atomic E-state index is 10.7. The van der Waals surface area contributed by atoms with Crippen molar-refractivity contribution in [3.63, 3.8) is 0 Å². The van der Waals surface area contributed by atoms with Crippen LogP contribution in [0.15, 0.2) is 54.4 Å². The second kappa shape index (κ2) is 15.3. The molecule has 5 rings (SSSR count). The zero-order valence-electron chi connectivity index (χ0n) is 23.1. The number of aliphatic hydroxyl groups excluding tert-OH is 1. The van der Waals surface area contributed by atoms with Crippen LogP contribution in [0, 0.1) is 0 Å². The van der Waals surface area contributed by atoms with Gasteiger partial charge in [-0.1, -0.05) is 12.1 Å². The third kappa shape index (κ3) is 8.70. The summed E-state index contributed by atoms with van der Waals surface area (Å²) in [6, 6.07) is 10.8. The van der Waals surface area contributed by atoms with E-state index in [1.54, 1.807) is 7.11 Å². The number of allylic oxidation sites excluding steroid dienone is 2. The van der Waals surface area contributed by atoms with Crippen LogP contribution in [0.2, 0.25) is 0 Å². The average molecular weight is 571 g/mol. The number of thiophene rings is 1. The number of aromatic nitrogens is 1. The number of aliphatic carboxylic acids is 1. The zero-order valence-corrected chi connectivity index (χ0v) is 23.9. The molecular formula is C30H38N2O7S. The van der Waals surface area contributed by atoms with Gasteiger partial charge in [-0.15, -0.1) is 11.3 Å². The zero-order chi connectivity index (χ0) is 29.1. The number of aromatic amines is 1. The predicted molar refractivity (Wildman–Crippen MR) is 157 cm³/mol. The number of carboxylic acid groups (broad SMARTS) is 2. The van der Waals surface area contributed by atoms with Crippen molar-refractivity contribution in [3.05, 3.63) is 69.8 Å². The van der Waals surface area contributed by atoms with E-state index in [2.05, 4.69) is 41.1 Å². The van der Waals surface area contributed by atoms with E-state index in [1.807, 2.05) is 41.8 Å². The summed E-state index contributed by atoms with van der Waals surface area (Å²) in [6.45, 7) is 5.06. The van der Waals surface area contributed by atoms with Crippen LogP contribution in [0.3, 0.4) is 0 Å². The van der Waals surface area contributed by atoms with Gasteiger partial charge in [0.1, 0.15) is 24.2 Å². The van der Waals surface area contributed by atoms with Gasteiger partial charge in [-0.05, 0) is 80.6 Å². The molecule has 1 aliphatic carbocycles. The molecule has 4 N–H and O–H groups in total. The van der Waals surface area contributed by atoms with E-state index in [4.69, 9.17) is 29.3 Å². The number of piperidine rings is 1. The summed E-state index contributed by atoms with van der Waals surface area (Å²) in [4.78, 5) is 25.8. The molecule has 40 heavy (non-hydrogen) atoms. The van der Waals surface area contributed by atoms with Crippen LogP contribution in [-0.2, 0) is 20.7 Å². The van der Waals surface area contributed by atoms with Gasteiger partial charge in [-0.3, -0.25) is 14.5 Å². The first-order valence-corrected chi connectivity index (χ1v) is 14.0. The van der Waals surface area contributed by atoms with E-state index >= 15 is 0 Å². The lowest BCUT2D eigenvalue weighted by Gasteiger charge is -2.38. The van der Waals surface area contributed by atoms with Gasteiger partial charge in [-0.2, -0.15) is 0 Å². The van der Waals surface area contributed by atoms with E-state index in [0.29, 0.717) is 25.1 Å². The lowest BCUT2D eigenvalue weighted by Crippen LogP contribution is -2.45. The molecule has 0 amide bonds. The Morgan fingerprint density at radius 2 is 2.08 bits per heavy atom. The van der Waals surface area contributed by atoms with Gasteiger partial charge >= 0.3 is 0 Å². The highest BCUT2D eigenvalue weighted by atomic mass is 32.1. The highest BCUT2D eigenvalue weighted by Crippen LogP contribution is 2.39. The van der Waals surface area contributed by atoms with Crippen LogP contribution in [0.5, 0.6) is 5.75 Å². The van der Waals surface area contributed by atoms with Gasteiger partial charge in [-0.25, -0.2) is 0 Å². The van der Waals surface area contributed by atoms with Crippen LogP contribution in [0.25, 0.3) is 17.0 Å². The Kier molecular flexibility index (Phi) is 11.8. The molecule has 0 bridgehead atoms. The van der Waals surface area contributed by atoms with E-state index in [-0.39, 0.29) is 6.47 Å². The van der Waals surface area contributed by atoms with Crippen molar-refractivity contribution in [2.45, 2.75) is 51.2 Å². The summed E-state index contributed by atoms with van der Waals surface area (Å²) in [5.41, 5.74) is 2.45. The van der Waals surface area contributed by atoms with Crippen molar-refractivity contribution >= 4 is 40.8 Å². The second-order valence-electron chi connectivity index (χ2n) is 9.75. The maximum atomic E-state index is 10.7. The molecule has 2 aliphatic rings. The number of ether oxygens (including phenoxy) is 2. The first-order chi connectivity index (χ1) is 19.2. The summed E-state index contributed by atoms with van der Waals surface area (Å²) in [7, 11) is 1.73. The van der Waals surface area contributed by atoms with E-state index < -0.39 is 12.1 Å². The molecule has 3 heterocycles. The van der Waals surface area contributed by atoms with Crippen molar-refractivity contribution in [1.29, 1.82) is 0 Å². The number of nitrogens with zero attached hydrogens (tertiary/aromatic N) is 1. The minimum Gasteiger partial charge on any atom is -0.497 e. The Balaban J connectivity index is 0.000000569. The van der Waals surface area contributed by atoms with E-state index in [1.165, 1.54) is 15.3 Å². The monoisotopic (exact) mass is 570 g/mol. The normalized spacial score (nSPS) is 19.1. The van der Waals surface area contributed by atoms with Crippen LogP contribution < -0.4 is 4.74 Å². The smallest absolute Gasteiger partial charge is 0.300 e. The molecule has 2 aromatic heterocycles. The van der Waals surface area contributed by atoms with Crippen LogP contribution in [0.1, 0.15) is 47.9 Å². The molecule has 1 aliphatic heterocycles. The summed E-state index contributed by atoms with van der Waals surface area (Å²) in [5.74, 6) is 1.49. The largest absolute Gasteiger partial charge is 0.497 e. The Hall–Kier alpha value is -3.60. The molecular weight excluding hydrogens is 532 g/mol. The number of fused-ring (bicyclic) bond motifs is 2. The molecule has 1 aromatic carbocycles. The first kappa shape index (κ1) is 30.9. The van der Waals surface area contributed by atoms with E-state index in [9.17, 15) is 5.11 Å². The van der Waals surface area contributed by atoms with Crippen molar-refractivity contribution in [2.75, 3.05) is 26.8 Å². The molecule has 1 saturated heterocycles. The molecule has 3 atom stereocenters. The molecule has 10 heteroatoms. The van der Waals surface area contributed by atoms with Crippen molar-refractivity contribution in [1.82, 2.24) is 9.88 Å². The molecule has 3 aromatic rings. The molecule has 1 fully saturated rings. The summed E-state index contributed by atoms with van der Waals surface area (Å²) >= 11 is 1.91. The number of hydrogen-bond donors (Lipinski definition) is 4. The number of β-amino-alcohol motifs (C(OH)–C–C–N with tert-alkyl or cyclic N) is 1. The number of carbonyl (C=O) groups is 2. The third-order valence-corrected chi connectivity index (χ3v) is 8.12. The Morgan fingerprint density at radius 1 is 1.32 bits per heavy atom. The summed E-state index contributed by atoms with van der Waals surface area (Å²) < 4.78 is 11.4. The molecule has 1 unspecified atom stereocenters. The Labute approximate surface area is 238 Å². The number of benzene rings is 1. The quantitative estimate of drug-likeness (QED) is 0.288. The lowest BCUT2D eigenvalue weighted by molar-refractivity contribution is -0.134. The number of methoxy groups -OCH3 is 1. The van der Waals surface area contributed by atoms with Crippen molar-refractivity contribution < 1.29 is 34.4 Å². The Morgan fingerprint density at radius 3 is 2.77 bits per heavy atom. The number of nitrogens with one attached hydrogen (secondary N) is 1. The molecule has 0 saturated carbocycles. The Bertz CT molecular complexity index is 1310. The van der Waals surface area contributed by atoms with Crippen molar-refractivity contribution in [2.24, 2.45) is 0 Å². The molecule has 216 valence electrons. The van der Waals surface area contributed by atoms with Gasteiger partial charge in [0.25, 0.3) is 12.4 Å². The van der Waals surface area contributed by atoms with E-state index in [0.717, 1.165) is 55.1 Å². The highest BCUT2D eigenvalue weighted by Gasteiger charge is 2.29. The third-order valence-electron chi connectivity index (χ3n) is 6.84. The number of H-pyrrole nitrogens is 1. The number of rotatable bonds is 7. The fourth-order valence-corrected chi connectivity index (χ4v) is 6.28. The first-order valence-electron chi connectivity index (χ1n) is 13.2. The fraction of sp³-hybridized carbons (Fsp3) is 0.400. The topological polar surface area (TPSA) is 132 Å². The summed E-state index contributed by atoms with van der Waals surface area (Å²) in [6.07, 6.45) is 11.0. The van der Waals surface area contributed by atoms with Crippen molar-refractivity contribution in [3.8, 4) is 5.75 Å². The minimum absolute atomic E-state index is 0.250. The number of likely N-dealkylation sites (tertiary alicyclic amines) is 1. The lowest BCUT2D eigenvalue weighted by atomic mass is 9.89. The fourth-order valence-electron chi connectivity index (χ4n) is 5.00. The van der Waals surface area contributed by atoms with Gasteiger partial charge in [0.15, 0.2) is 0 Å². The number of carboxylic acids is 1. The summed E-state index contributed by atoms with van der Waals surface area (Å²) in [5, 5.41) is 26.0. The van der Waals surface area contributed by atoms with Crippen LogP contribution in [-0.4, -0.2) is 76.6 Å². The number of hydrogen-bond acceptors (Lipinski definition) is 7. The number of aliphatic hydroxyl groups is 1. The van der Waals surface area contributed by atoms with Crippen LogP contribution >= 0.6 is 11.3 Å². The van der Waals surface area contributed by atoms with Gasteiger partial charge in [0, 0.05) is 46.4 Å². The maximum Gasteiger partial charge on any atom is 0.300 e. The van der Waals surface area contributed by atoms with Gasteiger partial charge in [0.2, 0.25) is 0 Å². The SMILES string of the molecule is CC(=O)O.COC1=Cc2sc([C@H]3CCN(CC(O)COc4cccc5[nH]ccc45)[C@@H](C)C3)cc2CC=C1.O=CO. The second-order valence-corrected chi connectivity index (χ2v) is 10.9.